The molecule has 2 atom stereocenters. The van der Waals surface area contributed by atoms with Gasteiger partial charge in [0.05, 0.1) is 11.1 Å². The van der Waals surface area contributed by atoms with Crippen LogP contribution < -0.4 is 9.47 Å². The van der Waals surface area contributed by atoms with Crippen molar-refractivity contribution in [1.82, 2.24) is 0 Å². The molecule has 0 radical (unpaired) electrons. The van der Waals surface area contributed by atoms with E-state index in [2.05, 4.69) is 0 Å². The van der Waals surface area contributed by atoms with Crippen LogP contribution in [0.15, 0.2) is 72.8 Å². The average molecular weight is 436 g/mol. The molecule has 0 fully saturated rings. The van der Waals surface area contributed by atoms with Crippen molar-refractivity contribution in [3.63, 3.8) is 0 Å². The number of hydrogen-bond acceptors (Lipinski definition) is 6. The zero-order valence-corrected chi connectivity index (χ0v) is 17.2. The fraction of sp³-hybridized carbons (Fsp3) is 0.111. The first-order valence-corrected chi connectivity index (χ1v) is 10.6. The fourth-order valence-electron chi connectivity index (χ4n) is 4.75. The molecule has 4 aromatic carbocycles. The first kappa shape index (κ1) is 19.4. The van der Waals surface area contributed by atoms with Gasteiger partial charge in [0.1, 0.15) is 23.3 Å². The minimum atomic E-state index is -1.28. The highest BCUT2D eigenvalue weighted by molar-refractivity contribution is 6.22. The standard InChI is InChI=1S/C27H16O6/c28-24-18(26(30)32-20-11-9-14-5-1-3-7-16(14)22(20)24)13-19-25(29)23-17-8-4-2-6-15(17)10-12-21(23)33-27(19)31/h1-12,18-19H,13H2. The lowest BCUT2D eigenvalue weighted by molar-refractivity contribution is -0.141. The monoisotopic (exact) mass is 436 g/mol. The van der Waals surface area contributed by atoms with Crippen LogP contribution in [0.1, 0.15) is 27.1 Å². The van der Waals surface area contributed by atoms with Gasteiger partial charge in [-0.3, -0.25) is 19.2 Å². The highest BCUT2D eigenvalue weighted by Crippen LogP contribution is 2.40. The Labute approximate surface area is 187 Å². The number of fused-ring (bicyclic) bond motifs is 6. The molecular formula is C27H16O6. The lowest BCUT2D eigenvalue weighted by Crippen LogP contribution is -2.41. The molecule has 2 aliphatic heterocycles. The molecule has 0 spiro atoms. The molecule has 4 aromatic rings. The van der Waals surface area contributed by atoms with Crippen molar-refractivity contribution >= 4 is 45.0 Å². The van der Waals surface area contributed by atoms with Crippen molar-refractivity contribution in [3.05, 3.63) is 83.9 Å². The largest absolute Gasteiger partial charge is 0.425 e. The summed E-state index contributed by atoms with van der Waals surface area (Å²) < 4.78 is 10.9. The van der Waals surface area contributed by atoms with Gasteiger partial charge < -0.3 is 9.47 Å². The molecule has 0 aliphatic carbocycles. The van der Waals surface area contributed by atoms with Crippen LogP contribution in [0.25, 0.3) is 21.5 Å². The second-order valence-corrected chi connectivity index (χ2v) is 8.23. The van der Waals surface area contributed by atoms with Gasteiger partial charge >= 0.3 is 11.9 Å². The summed E-state index contributed by atoms with van der Waals surface area (Å²) in [5, 5.41) is 2.97. The van der Waals surface area contributed by atoms with Gasteiger partial charge in [-0.05, 0) is 40.1 Å². The maximum Gasteiger partial charge on any atom is 0.322 e. The number of ketones is 2. The van der Waals surface area contributed by atoms with E-state index in [1.807, 2.05) is 24.3 Å². The Morgan fingerprint density at radius 1 is 0.545 bits per heavy atom. The topological polar surface area (TPSA) is 86.7 Å². The number of rotatable bonds is 2. The number of Topliss-reactive ketones (excluding diaryl/α,β-unsaturated/α-hetero) is 2. The van der Waals surface area contributed by atoms with E-state index in [1.165, 1.54) is 0 Å². The molecule has 0 saturated heterocycles. The summed E-state index contributed by atoms with van der Waals surface area (Å²) in [6, 6.07) is 21.3. The van der Waals surface area contributed by atoms with E-state index < -0.39 is 35.3 Å². The van der Waals surface area contributed by atoms with E-state index in [4.69, 9.17) is 9.47 Å². The van der Waals surface area contributed by atoms with Crippen LogP contribution in [-0.2, 0) is 9.59 Å². The quantitative estimate of drug-likeness (QED) is 0.261. The van der Waals surface area contributed by atoms with Gasteiger partial charge in [0, 0.05) is 0 Å². The highest BCUT2D eigenvalue weighted by atomic mass is 16.5. The lowest BCUT2D eigenvalue weighted by Gasteiger charge is -2.28. The Bertz CT molecular complexity index is 1420. The Morgan fingerprint density at radius 2 is 0.970 bits per heavy atom. The van der Waals surface area contributed by atoms with Gasteiger partial charge in [-0.15, -0.1) is 0 Å². The Balaban J connectivity index is 1.40. The SMILES string of the molecule is O=C1Oc2ccc3ccccc3c2C(=O)C1CC1C(=O)Oc2ccc3ccccc3c2C1=O. The van der Waals surface area contributed by atoms with Gasteiger partial charge in [-0.2, -0.15) is 0 Å². The van der Waals surface area contributed by atoms with Crippen molar-refractivity contribution < 1.29 is 28.7 Å². The molecule has 6 nitrogen and oxygen atoms in total. The van der Waals surface area contributed by atoms with Crippen LogP contribution in [0.5, 0.6) is 11.5 Å². The van der Waals surface area contributed by atoms with Gasteiger partial charge in [-0.25, -0.2) is 0 Å². The molecule has 0 N–H and O–H groups in total. The Kier molecular flexibility index (Phi) is 4.17. The van der Waals surface area contributed by atoms with Crippen LogP contribution in [0.3, 0.4) is 0 Å². The predicted molar refractivity (Wildman–Crippen MR) is 119 cm³/mol. The Morgan fingerprint density at radius 3 is 1.42 bits per heavy atom. The smallest absolute Gasteiger partial charge is 0.322 e. The van der Waals surface area contributed by atoms with Crippen LogP contribution in [-0.4, -0.2) is 23.5 Å². The van der Waals surface area contributed by atoms with E-state index in [0.29, 0.717) is 21.9 Å². The molecule has 2 aliphatic rings. The predicted octanol–water partition coefficient (Wildman–Crippen LogP) is 4.52. The maximum atomic E-state index is 13.4. The van der Waals surface area contributed by atoms with E-state index in [0.717, 1.165) is 10.8 Å². The van der Waals surface area contributed by atoms with Crippen molar-refractivity contribution in [3.8, 4) is 11.5 Å². The zero-order chi connectivity index (χ0) is 22.7. The minimum absolute atomic E-state index is 0.189. The molecule has 0 aromatic heterocycles. The fourth-order valence-corrected chi connectivity index (χ4v) is 4.75. The molecule has 0 bridgehead atoms. The number of ether oxygens (including phenoxy) is 2. The van der Waals surface area contributed by atoms with E-state index in [1.54, 1.807) is 48.5 Å². The van der Waals surface area contributed by atoms with Gasteiger partial charge in [0.2, 0.25) is 0 Å². The number of hydrogen-bond donors (Lipinski definition) is 0. The molecule has 0 saturated carbocycles. The first-order valence-electron chi connectivity index (χ1n) is 10.6. The summed E-state index contributed by atoms with van der Waals surface area (Å²) in [5.41, 5.74) is 0.584. The van der Waals surface area contributed by atoms with Crippen molar-refractivity contribution in [2.45, 2.75) is 6.42 Å². The molecule has 2 heterocycles. The van der Waals surface area contributed by atoms with Crippen LogP contribution in [0.4, 0.5) is 0 Å². The molecule has 2 unspecified atom stereocenters. The molecular weight excluding hydrogens is 420 g/mol. The molecule has 6 rings (SSSR count). The maximum absolute atomic E-state index is 13.4. The van der Waals surface area contributed by atoms with Crippen molar-refractivity contribution in [1.29, 1.82) is 0 Å². The summed E-state index contributed by atoms with van der Waals surface area (Å²) in [4.78, 5) is 52.3. The molecule has 33 heavy (non-hydrogen) atoms. The van der Waals surface area contributed by atoms with E-state index >= 15 is 0 Å². The van der Waals surface area contributed by atoms with E-state index in [9.17, 15) is 19.2 Å². The zero-order valence-electron chi connectivity index (χ0n) is 17.2. The second-order valence-electron chi connectivity index (χ2n) is 8.23. The van der Waals surface area contributed by atoms with E-state index in [-0.39, 0.29) is 17.9 Å². The number of carbonyl (C=O) groups excluding carboxylic acids is 4. The average Bonchev–Trinajstić information content (AvgIpc) is 2.82. The second kappa shape index (κ2) is 7.10. The Hall–Kier alpha value is -4.32. The normalized spacial score (nSPS) is 19.8. The van der Waals surface area contributed by atoms with Gasteiger partial charge in [-0.1, -0.05) is 60.7 Å². The summed E-state index contributed by atoms with van der Waals surface area (Å²) in [7, 11) is 0. The number of esters is 2. The highest BCUT2D eigenvalue weighted by Gasteiger charge is 2.45. The third-order valence-electron chi connectivity index (χ3n) is 6.37. The molecule has 0 amide bonds. The summed E-state index contributed by atoms with van der Waals surface area (Å²) in [5.74, 6) is -4.63. The van der Waals surface area contributed by atoms with Gasteiger partial charge in [0.25, 0.3) is 0 Å². The van der Waals surface area contributed by atoms with Crippen LogP contribution in [0.2, 0.25) is 0 Å². The number of benzene rings is 4. The number of carbonyl (C=O) groups is 4. The summed E-state index contributed by atoms with van der Waals surface area (Å²) in [6.45, 7) is 0. The summed E-state index contributed by atoms with van der Waals surface area (Å²) in [6.07, 6.45) is -0.305. The molecule has 6 heteroatoms. The van der Waals surface area contributed by atoms with Crippen LogP contribution >= 0.6 is 0 Å². The van der Waals surface area contributed by atoms with Crippen molar-refractivity contribution in [2.75, 3.05) is 0 Å². The third-order valence-corrected chi connectivity index (χ3v) is 6.37. The van der Waals surface area contributed by atoms with Crippen LogP contribution in [0, 0.1) is 11.8 Å². The van der Waals surface area contributed by atoms with Gasteiger partial charge in [0.15, 0.2) is 11.6 Å². The summed E-state index contributed by atoms with van der Waals surface area (Å²) >= 11 is 0. The first-order chi connectivity index (χ1) is 16.0. The molecule has 160 valence electrons. The third kappa shape index (κ3) is 2.88. The lowest BCUT2D eigenvalue weighted by atomic mass is 9.80. The minimum Gasteiger partial charge on any atom is -0.425 e. The van der Waals surface area contributed by atoms with Crippen molar-refractivity contribution in [2.24, 2.45) is 11.8 Å².